The number of carbonyl (C=O) groups is 1. The van der Waals surface area contributed by atoms with E-state index in [1.54, 1.807) is 33.3 Å². The van der Waals surface area contributed by atoms with Crippen LogP contribution in [-0.4, -0.2) is 43.7 Å². The Labute approximate surface area is 161 Å². The molecule has 6 nitrogen and oxygen atoms in total. The van der Waals surface area contributed by atoms with Crippen LogP contribution in [0.1, 0.15) is 23.7 Å². The van der Waals surface area contributed by atoms with Gasteiger partial charge in [-0.15, -0.1) is 0 Å². The molecule has 1 amide bonds. The lowest BCUT2D eigenvalue weighted by Crippen LogP contribution is -2.25. The van der Waals surface area contributed by atoms with Crippen LogP contribution in [0.2, 0.25) is 0 Å². The molecule has 1 aromatic carbocycles. The van der Waals surface area contributed by atoms with Gasteiger partial charge >= 0.3 is 12.3 Å². The van der Waals surface area contributed by atoms with E-state index in [2.05, 4.69) is 10.3 Å². The minimum atomic E-state index is -4.51. The van der Waals surface area contributed by atoms with E-state index < -0.39 is 18.0 Å². The second-order valence-electron chi connectivity index (χ2n) is 6.17. The Morgan fingerprint density at radius 2 is 1.86 bits per heavy atom. The topological polar surface area (TPSA) is 63.7 Å². The highest BCUT2D eigenvalue weighted by Gasteiger charge is 2.32. The summed E-state index contributed by atoms with van der Waals surface area (Å²) in [6.07, 6.45) is -4.48. The molecule has 1 unspecified atom stereocenters. The summed E-state index contributed by atoms with van der Waals surface area (Å²) >= 11 is 0. The molecule has 2 rings (SSSR count). The smallest absolute Gasteiger partial charge is 0.433 e. The zero-order valence-electron chi connectivity index (χ0n) is 15.8. The van der Waals surface area contributed by atoms with Crippen LogP contribution in [0.25, 0.3) is 0 Å². The number of aromatic nitrogens is 1. The van der Waals surface area contributed by atoms with Crippen LogP contribution < -0.4 is 14.8 Å². The van der Waals surface area contributed by atoms with E-state index in [0.29, 0.717) is 12.2 Å². The zero-order valence-corrected chi connectivity index (χ0v) is 15.8. The van der Waals surface area contributed by atoms with E-state index in [1.807, 2.05) is 12.1 Å². The molecule has 9 heteroatoms. The largest absolute Gasteiger partial charge is 0.478 e. The number of amides is 1. The van der Waals surface area contributed by atoms with Crippen molar-refractivity contribution in [1.82, 2.24) is 15.2 Å². The molecule has 0 aliphatic carbocycles. The average Bonchev–Trinajstić information content (AvgIpc) is 2.65. The Bertz CT molecular complexity index is 780. The van der Waals surface area contributed by atoms with Crippen LogP contribution in [0.4, 0.5) is 18.0 Å². The van der Waals surface area contributed by atoms with Gasteiger partial charge in [0.05, 0.1) is 6.61 Å². The van der Waals surface area contributed by atoms with Crippen molar-refractivity contribution in [2.45, 2.75) is 18.6 Å². The highest BCUT2D eigenvalue weighted by Crippen LogP contribution is 2.28. The first-order chi connectivity index (χ1) is 13.2. The number of nitrogens with zero attached hydrogens (tertiary/aromatic N) is 2. The summed E-state index contributed by atoms with van der Waals surface area (Å²) in [4.78, 5) is 16.3. The molecular weight excluding hydrogens is 375 g/mol. The third-order valence-corrected chi connectivity index (χ3v) is 3.87. The Hall–Kier alpha value is -2.81. The van der Waals surface area contributed by atoms with Crippen LogP contribution in [0.5, 0.6) is 11.6 Å². The molecule has 1 aromatic heterocycles. The fourth-order valence-corrected chi connectivity index (χ4v) is 2.37. The van der Waals surface area contributed by atoms with Gasteiger partial charge in [-0.05, 0) is 30.8 Å². The number of pyridine rings is 1. The monoisotopic (exact) mass is 397 g/mol. The van der Waals surface area contributed by atoms with E-state index >= 15 is 0 Å². The van der Waals surface area contributed by atoms with E-state index in [0.717, 1.165) is 11.6 Å². The minimum Gasteiger partial charge on any atom is -0.478 e. The zero-order chi connectivity index (χ0) is 20.7. The molecule has 0 aliphatic rings. The number of rotatable bonds is 7. The average molecular weight is 397 g/mol. The summed E-state index contributed by atoms with van der Waals surface area (Å²) < 4.78 is 48.6. The van der Waals surface area contributed by atoms with Crippen molar-refractivity contribution in [1.29, 1.82) is 0 Å². The van der Waals surface area contributed by atoms with Crippen molar-refractivity contribution >= 4 is 6.09 Å². The number of nitrogens with one attached hydrogen (secondary N) is 1. The van der Waals surface area contributed by atoms with E-state index in [1.165, 1.54) is 17.0 Å². The second-order valence-corrected chi connectivity index (χ2v) is 6.17. The van der Waals surface area contributed by atoms with Crippen molar-refractivity contribution < 1.29 is 27.4 Å². The molecule has 1 N–H and O–H groups in total. The van der Waals surface area contributed by atoms with E-state index in [9.17, 15) is 18.0 Å². The lowest BCUT2D eigenvalue weighted by molar-refractivity contribution is -0.141. The molecule has 28 heavy (non-hydrogen) atoms. The summed E-state index contributed by atoms with van der Waals surface area (Å²) in [6.45, 7) is 0.178. The summed E-state index contributed by atoms with van der Waals surface area (Å²) in [5.41, 5.74) is -0.0641. The summed E-state index contributed by atoms with van der Waals surface area (Å²) in [5.74, 6) is 0.345. The third-order valence-electron chi connectivity index (χ3n) is 3.87. The van der Waals surface area contributed by atoms with Gasteiger partial charge in [0.1, 0.15) is 11.4 Å². The molecule has 0 saturated heterocycles. The predicted molar refractivity (Wildman–Crippen MR) is 97.3 cm³/mol. The Morgan fingerprint density at radius 1 is 1.18 bits per heavy atom. The first-order valence-corrected chi connectivity index (χ1v) is 8.54. The van der Waals surface area contributed by atoms with Crippen molar-refractivity contribution in [2.75, 3.05) is 27.7 Å². The highest BCUT2D eigenvalue weighted by molar-refractivity contribution is 5.69. The molecule has 1 heterocycles. The number of ether oxygens (including phenoxy) is 2. The van der Waals surface area contributed by atoms with Gasteiger partial charge in [0, 0.05) is 32.6 Å². The standard InChI is InChI=1S/C19H22F3N3O3/c1-23-15(13-7-9-14(10-8-13)28-18(26)25(2)3)11-12-27-17-6-4-5-16(24-17)19(20,21)22/h4-10,15,23H,11-12H2,1-3H3. The van der Waals surface area contributed by atoms with E-state index in [-0.39, 0.29) is 18.5 Å². The maximum Gasteiger partial charge on any atom is 0.433 e. The van der Waals surface area contributed by atoms with Crippen LogP contribution in [0, 0.1) is 0 Å². The van der Waals surface area contributed by atoms with Gasteiger partial charge in [-0.25, -0.2) is 9.78 Å². The van der Waals surface area contributed by atoms with Crippen LogP contribution in [-0.2, 0) is 6.18 Å². The summed E-state index contributed by atoms with van der Waals surface area (Å²) in [7, 11) is 4.95. The molecule has 0 saturated carbocycles. The van der Waals surface area contributed by atoms with Gasteiger partial charge in [-0.3, -0.25) is 0 Å². The number of alkyl halides is 3. The van der Waals surface area contributed by atoms with E-state index in [4.69, 9.17) is 9.47 Å². The minimum absolute atomic E-state index is 0.0735. The summed E-state index contributed by atoms with van der Waals surface area (Å²) in [5, 5.41) is 3.12. The molecule has 0 bridgehead atoms. The number of hydrogen-bond donors (Lipinski definition) is 1. The Balaban J connectivity index is 1.93. The van der Waals surface area contributed by atoms with Crippen LogP contribution in [0.3, 0.4) is 0 Å². The van der Waals surface area contributed by atoms with Crippen molar-refractivity contribution in [3.63, 3.8) is 0 Å². The van der Waals surface area contributed by atoms with Gasteiger partial charge in [0.25, 0.3) is 0 Å². The maximum absolute atomic E-state index is 12.7. The number of carbonyl (C=O) groups excluding carboxylic acids is 1. The van der Waals surface area contributed by atoms with Gasteiger partial charge < -0.3 is 19.7 Å². The molecule has 1 atom stereocenters. The number of benzene rings is 1. The van der Waals surface area contributed by atoms with Gasteiger partial charge in [-0.1, -0.05) is 18.2 Å². The normalized spacial score (nSPS) is 12.4. The lowest BCUT2D eigenvalue weighted by Gasteiger charge is -2.18. The Morgan fingerprint density at radius 3 is 2.43 bits per heavy atom. The lowest BCUT2D eigenvalue weighted by atomic mass is 10.0. The molecule has 2 aromatic rings. The fraction of sp³-hybridized carbons (Fsp3) is 0.368. The van der Waals surface area contributed by atoms with Crippen molar-refractivity contribution in [2.24, 2.45) is 0 Å². The molecule has 0 radical (unpaired) electrons. The van der Waals surface area contributed by atoms with Crippen molar-refractivity contribution in [3.8, 4) is 11.6 Å². The fourth-order valence-electron chi connectivity index (χ4n) is 2.37. The first-order valence-electron chi connectivity index (χ1n) is 8.54. The summed E-state index contributed by atoms with van der Waals surface area (Å²) in [6, 6.07) is 10.4. The molecule has 0 aliphatic heterocycles. The number of halogens is 3. The second kappa shape index (κ2) is 9.41. The molecule has 152 valence electrons. The number of hydrogen-bond acceptors (Lipinski definition) is 5. The van der Waals surface area contributed by atoms with Gasteiger partial charge in [0.15, 0.2) is 0 Å². The first kappa shape index (κ1) is 21.5. The maximum atomic E-state index is 12.7. The SMILES string of the molecule is CNC(CCOc1cccc(C(F)(F)F)n1)c1ccc(OC(=O)N(C)C)cc1. The van der Waals surface area contributed by atoms with Gasteiger partial charge in [-0.2, -0.15) is 13.2 Å². The van der Waals surface area contributed by atoms with Crippen molar-refractivity contribution in [3.05, 3.63) is 53.7 Å². The van der Waals surface area contributed by atoms with Crippen LogP contribution in [0.15, 0.2) is 42.5 Å². The third kappa shape index (κ3) is 6.12. The van der Waals surface area contributed by atoms with Gasteiger partial charge in [0.2, 0.25) is 5.88 Å². The Kier molecular flexibility index (Phi) is 7.22. The quantitative estimate of drug-likeness (QED) is 0.768. The van der Waals surface area contributed by atoms with Crippen LogP contribution >= 0.6 is 0 Å². The molecule has 0 fully saturated rings. The predicted octanol–water partition coefficient (Wildman–Crippen LogP) is 3.89. The molecule has 0 spiro atoms. The highest BCUT2D eigenvalue weighted by atomic mass is 19.4. The molecular formula is C19H22F3N3O3.